The smallest absolute Gasteiger partial charge is 0.0945 e. The van der Waals surface area contributed by atoms with Crippen LogP contribution in [0.5, 0.6) is 0 Å². The molecule has 0 saturated carbocycles. The van der Waals surface area contributed by atoms with Gasteiger partial charge in [-0.1, -0.05) is 18.2 Å². The summed E-state index contributed by atoms with van der Waals surface area (Å²) in [4.78, 5) is 0. The summed E-state index contributed by atoms with van der Waals surface area (Å²) in [6, 6.07) is 7.15. The number of nitrogens with two attached hydrogens (primary N) is 1. The molecule has 0 aromatic heterocycles. The van der Waals surface area contributed by atoms with Crippen molar-refractivity contribution in [1.82, 2.24) is 0 Å². The molecule has 0 fully saturated rings. The maximum absolute atomic E-state index is 9.30. The van der Waals surface area contributed by atoms with Crippen LogP contribution in [0.4, 0.5) is 5.69 Å². The number of benzene rings is 1. The molecule has 3 heteroatoms. The highest BCUT2D eigenvalue weighted by molar-refractivity contribution is 6.18. The van der Waals surface area contributed by atoms with Gasteiger partial charge >= 0.3 is 0 Å². The summed E-state index contributed by atoms with van der Waals surface area (Å²) in [7, 11) is 0. The van der Waals surface area contributed by atoms with Crippen LogP contribution >= 0.6 is 11.6 Å². The maximum Gasteiger partial charge on any atom is 0.0945 e. The van der Waals surface area contributed by atoms with Crippen LogP contribution in [0.2, 0.25) is 0 Å². The third kappa shape index (κ3) is 1.85. The first-order chi connectivity index (χ1) is 5.25. The second-order valence-corrected chi connectivity index (χ2v) is 2.61. The summed E-state index contributed by atoms with van der Waals surface area (Å²) in [6.07, 6.45) is -0.655. The van der Waals surface area contributed by atoms with Crippen molar-refractivity contribution in [1.29, 1.82) is 0 Å². The van der Waals surface area contributed by atoms with Crippen molar-refractivity contribution >= 4 is 17.3 Å². The molecule has 60 valence electrons. The lowest BCUT2D eigenvalue weighted by atomic mass is 10.1. The third-order valence-corrected chi connectivity index (χ3v) is 1.79. The zero-order chi connectivity index (χ0) is 8.27. The minimum Gasteiger partial charge on any atom is -0.398 e. The fourth-order valence-electron chi connectivity index (χ4n) is 0.897. The van der Waals surface area contributed by atoms with Crippen LogP contribution in [0.25, 0.3) is 0 Å². The van der Waals surface area contributed by atoms with Gasteiger partial charge in [-0.3, -0.25) is 0 Å². The second-order valence-electron chi connectivity index (χ2n) is 2.30. The quantitative estimate of drug-likeness (QED) is 0.524. The first-order valence-electron chi connectivity index (χ1n) is 3.34. The van der Waals surface area contributed by atoms with E-state index in [2.05, 4.69) is 0 Å². The molecule has 1 rings (SSSR count). The minimum atomic E-state index is -0.655. The number of hydrogen-bond donors (Lipinski definition) is 2. The zero-order valence-electron chi connectivity index (χ0n) is 6.00. The van der Waals surface area contributed by atoms with Gasteiger partial charge in [0.15, 0.2) is 0 Å². The van der Waals surface area contributed by atoms with Crippen molar-refractivity contribution in [2.24, 2.45) is 0 Å². The summed E-state index contributed by atoms with van der Waals surface area (Å²) in [5.74, 6) is 0.175. The van der Waals surface area contributed by atoms with Crippen molar-refractivity contribution < 1.29 is 5.11 Å². The normalized spacial score (nSPS) is 12.9. The number of anilines is 1. The van der Waals surface area contributed by atoms with Gasteiger partial charge in [0.2, 0.25) is 0 Å². The van der Waals surface area contributed by atoms with Gasteiger partial charge < -0.3 is 10.8 Å². The average molecular weight is 172 g/mol. The Morgan fingerprint density at radius 3 is 2.64 bits per heavy atom. The topological polar surface area (TPSA) is 46.2 Å². The highest BCUT2D eigenvalue weighted by Crippen LogP contribution is 2.20. The molecular formula is C8H10ClNO. The average Bonchev–Trinajstić information content (AvgIpc) is 2.04. The number of para-hydroxylation sites is 1. The number of halogens is 1. The first kappa shape index (κ1) is 8.37. The van der Waals surface area contributed by atoms with Crippen LogP contribution in [-0.2, 0) is 0 Å². The Hall–Kier alpha value is -0.730. The van der Waals surface area contributed by atoms with Crippen molar-refractivity contribution in [3.05, 3.63) is 29.8 Å². The van der Waals surface area contributed by atoms with E-state index in [1.165, 1.54) is 0 Å². The van der Waals surface area contributed by atoms with Crippen LogP contribution in [0.1, 0.15) is 11.7 Å². The summed E-state index contributed by atoms with van der Waals surface area (Å²) < 4.78 is 0. The fourth-order valence-corrected chi connectivity index (χ4v) is 1.06. The molecule has 1 aromatic carbocycles. The largest absolute Gasteiger partial charge is 0.398 e. The molecule has 1 atom stereocenters. The Labute approximate surface area is 70.6 Å². The molecule has 0 aliphatic carbocycles. The second kappa shape index (κ2) is 3.60. The monoisotopic (exact) mass is 171 g/mol. The molecule has 0 amide bonds. The van der Waals surface area contributed by atoms with E-state index >= 15 is 0 Å². The Kier molecular flexibility index (Phi) is 2.74. The highest BCUT2D eigenvalue weighted by Gasteiger charge is 2.07. The van der Waals surface area contributed by atoms with Crippen LogP contribution in [-0.4, -0.2) is 11.0 Å². The highest BCUT2D eigenvalue weighted by atomic mass is 35.5. The molecule has 1 aromatic rings. The van der Waals surface area contributed by atoms with E-state index in [9.17, 15) is 5.11 Å². The van der Waals surface area contributed by atoms with Crippen molar-refractivity contribution in [3.8, 4) is 0 Å². The molecular weight excluding hydrogens is 162 g/mol. The number of alkyl halides is 1. The van der Waals surface area contributed by atoms with Crippen LogP contribution in [0.3, 0.4) is 0 Å². The standard InChI is InChI=1S/C8H10ClNO/c9-5-8(11)6-3-1-2-4-7(6)10/h1-4,8,11H,5,10H2. The van der Waals surface area contributed by atoms with Gasteiger partial charge in [-0.15, -0.1) is 11.6 Å². The van der Waals surface area contributed by atoms with Gasteiger partial charge in [0.25, 0.3) is 0 Å². The molecule has 3 N–H and O–H groups in total. The number of rotatable bonds is 2. The third-order valence-electron chi connectivity index (χ3n) is 1.50. The van der Waals surface area contributed by atoms with E-state index in [1.54, 1.807) is 12.1 Å². The SMILES string of the molecule is Nc1ccccc1C(O)CCl. The molecule has 2 nitrogen and oxygen atoms in total. The van der Waals surface area contributed by atoms with E-state index in [0.717, 1.165) is 0 Å². The number of nitrogen functional groups attached to an aromatic ring is 1. The molecule has 0 spiro atoms. The first-order valence-corrected chi connectivity index (χ1v) is 3.87. The van der Waals surface area contributed by atoms with Gasteiger partial charge in [0, 0.05) is 11.3 Å². The maximum atomic E-state index is 9.30. The predicted octanol–water partition coefficient (Wildman–Crippen LogP) is 1.54. The summed E-state index contributed by atoms with van der Waals surface area (Å²) in [6.45, 7) is 0. The van der Waals surface area contributed by atoms with E-state index in [-0.39, 0.29) is 5.88 Å². The Morgan fingerprint density at radius 2 is 2.09 bits per heavy atom. The summed E-state index contributed by atoms with van der Waals surface area (Å²) in [5, 5.41) is 9.30. The molecule has 0 aliphatic rings. The fraction of sp³-hybridized carbons (Fsp3) is 0.250. The lowest BCUT2D eigenvalue weighted by molar-refractivity contribution is 0.203. The van der Waals surface area contributed by atoms with Gasteiger partial charge in [-0.2, -0.15) is 0 Å². The zero-order valence-corrected chi connectivity index (χ0v) is 6.75. The number of hydrogen-bond acceptors (Lipinski definition) is 2. The lowest BCUT2D eigenvalue weighted by Crippen LogP contribution is -2.02. The summed E-state index contributed by atoms with van der Waals surface area (Å²) in [5.41, 5.74) is 6.86. The molecule has 0 saturated heterocycles. The van der Waals surface area contributed by atoms with Gasteiger partial charge in [0.05, 0.1) is 12.0 Å². The van der Waals surface area contributed by atoms with Crippen molar-refractivity contribution in [2.45, 2.75) is 6.10 Å². The Morgan fingerprint density at radius 1 is 1.45 bits per heavy atom. The van der Waals surface area contributed by atoms with E-state index in [1.807, 2.05) is 12.1 Å². The van der Waals surface area contributed by atoms with E-state index < -0.39 is 6.10 Å². The summed E-state index contributed by atoms with van der Waals surface area (Å²) >= 11 is 5.45. The molecule has 0 bridgehead atoms. The molecule has 11 heavy (non-hydrogen) atoms. The molecule has 0 heterocycles. The Balaban J connectivity index is 2.93. The Bertz CT molecular complexity index is 239. The van der Waals surface area contributed by atoms with Crippen molar-refractivity contribution in [3.63, 3.8) is 0 Å². The van der Waals surface area contributed by atoms with Crippen molar-refractivity contribution in [2.75, 3.05) is 11.6 Å². The van der Waals surface area contributed by atoms with Gasteiger partial charge in [0.1, 0.15) is 0 Å². The van der Waals surface area contributed by atoms with E-state index in [4.69, 9.17) is 17.3 Å². The van der Waals surface area contributed by atoms with Crippen LogP contribution < -0.4 is 5.73 Å². The number of aliphatic hydroxyl groups is 1. The van der Waals surface area contributed by atoms with Crippen LogP contribution in [0.15, 0.2) is 24.3 Å². The minimum absolute atomic E-state index is 0.175. The van der Waals surface area contributed by atoms with Crippen LogP contribution in [0, 0.1) is 0 Å². The van der Waals surface area contributed by atoms with Gasteiger partial charge in [-0.25, -0.2) is 0 Å². The van der Waals surface area contributed by atoms with Gasteiger partial charge in [-0.05, 0) is 6.07 Å². The lowest BCUT2D eigenvalue weighted by Gasteiger charge is -2.08. The molecule has 0 aliphatic heterocycles. The van der Waals surface area contributed by atoms with E-state index in [0.29, 0.717) is 11.3 Å². The molecule has 0 radical (unpaired) electrons. The molecule has 1 unspecified atom stereocenters. The number of aliphatic hydroxyl groups excluding tert-OH is 1. The predicted molar refractivity (Wildman–Crippen MR) is 46.5 cm³/mol.